The Kier molecular flexibility index (Phi) is 5.75. The minimum absolute atomic E-state index is 0.0430. The van der Waals surface area contributed by atoms with Crippen LogP contribution < -0.4 is 5.32 Å². The van der Waals surface area contributed by atoms with Gasteiger partial charge >= 0.3 is 0 Å². The molecule has 8 nitrogen and oxygen atoms in total. The summed E-state index contributed by atoms with van der Waals surface area (Å²) in [4.78, 5) is 28.5. The van der Waals surface area contributed by atoms with Crippen molar-refractivity contribution in [2.45, 2.75) is 26.5 Å². The van der Waals surface area contributed by atoms with E-state index in [0.717, 1.165) is 39.6 Å². The van der Waals surface area contributed by atoms with Crippen LogP contribution in [0.5, 0.6) is 0 Å². The smallest absolute Gasteiger partial charge is 0.242 e. The Morgan fingerprint density at radius 1 is 1.09 bits per heavy atom. The predicted octanol–water partition coefficient (Wildman–Crippen LogP) is 3.79. The number of hydrogen-bond acceptors (Lipinski definition) is 6. The second-order valence-corrected chi connectivity index (χ2v) is 8.27. The van der Waals surface area contributed by atoms with Crippen LogP contribution in [0.15, 0.2) is 60.9 Å². The lowest BCUT2D eigenvalue weighted by molar-refractivity contribution is -0.139. The summed E-state index contributed by atoms with van der Waals surface area (Å²) < 4.78 is 7.90. The van der Waals surface area contributed by atoms with E-state index in [1.807, 2.05) is 77.9 Å². The zero-order chi connectivity index (χ0) is 22.8. The van der Waals surface area contributed by atoms with Crippen molar-refractivity contribution in [1.29, 1.82) is 0 Å². The van der Waals surface area contributed by atoms with Gasteiger partial charge in [-0.05, 0) is 50.2 Å². The molecule has 0 radical (unpaired) electrons. The molecule has 1 aromatic carbocycles. The maximum absolute atomic E-state index is 13.1. The molecule has 1 amide bonds. The molecule has 4 aromatic rings. The summed E-state index contributed by atoms with van der Waals surface area (Å²) in [6.45, 7) is 5.66. The van der Waals surface area contributed by atoms with E-state index in [9.17, 15) is 4.79 Å². The molecular weight excluding hydrogens is 416 g/mol. The van der Waals surface area contributed by atoms with Gasteiger partial charge in [0, 0.05) is 23.6 Å². The van der Waals surface area contributed by atoms with Crippen LogP contribution in [0.4, 0.5) is 11.5 Å². The second kappa shape index (κ2) is 8.99. The minimum atomic E-state index is -0.284. The number of ether oxygens (including phenoxy) is 1. The number of nitrogens with one attached hydrogen (secondary N) is 1. The van der Waals surface area contributed by atoms with Crippen molar-refractivity contribution in [3.63, 3.8) is 0 Å². The molecule has 1 N–H and O–H groups in total. The normalized spacial score (nSPS) is 16.2. The third kappa shape index (κ3) is 4.70. The van der Waals surface area contributed by atoms with Gasteiger partial charge in [0.25, 0.3) is 0 Å². The monoisotopic (exact) mass is 442 g/mol. The number of benzene rings is 1. The number of imidazole rings is 1. The van der Waals surface area contributed by atoms with Gasteiger partial charge in [0.05, 0.1) is 36.2 Å². The summed E-state index contributed by atoms with van der Waals surface area (Å²) in [5.41, 5.74) is 5.36. The van der Waals surface area contributed by atoms with Crippen LogP contribution in [-0.2, 0) is 16.1 Å². The molecule has 3 aromatic heterocycles. The highest BCUT2D eigenvalue weighted by Gasteiger charge is 2.27. The van der Waals surface area contributed by atoms with Crippen molar-refractivity contribution in [3.05, 3.63) is 78.0 Å². The number of morpholine rings is 1. The fraction of sp³-hybridized carbons (Fsp3) is 0.280. The lowest BCUT2D eigenvalue weighted by atomic mass is 10.1. The topological polar surface area (TPSA) is 85.2 Å². The molecule has 5 rings (SSSR count). The lowest BCUT2D eigenvalue weighted by Gasteiger charge is -2.33. The van der Waals surface area contributed by atoms with Crippen molar-refractivity contribution in [2.75, 3.05) is 25.0 Å². The number of hydrogen-bond donors (Lipinski definition) is 1. The van der Waals surface area contributed by atoms with Crippen molar-refractivity contribution in [2.24, 2.45) is 0 Å². The number of carbonyl (C=O) groups is 1. The molecule has 0 aliphatic carbocycles. The van der Waals surface area contributed by atoms with Crippen LogP contribution in [-0.4, -0.2) is 50.0 Å². The van der Waals surface area contributed by atoms with E-state index in [-0.39, 0.29) is 18.6 Å². The predicted molar refractivity (Wildman–Crippen MR) is 126 cm³/mol. The average molecular weight is 443 g/mol. The Labute approximate surface area is 192 Å². The van der Waals surface area contributed by atoms with Crippen molar-refractivity contribution in [1.82, 2.24) is 24.4 Å². The third-order valence-corrected chi connectivity index (χ3v) is 5.72. The molecule has 1 saturated heterocycles. The molecule has 4 heterocycles. The molecule has 0 saturated carbocycles. The Hall–Kier alpha value is -3.78. The largest absolute Gasteiger partial charge is 0.368 e. The first kappa shape index (κ1) is 21.1. The van der Waals surface area contributed by atoms with Gasteiger partial charge in [-0.15, -0.1) is 0 Å². The molecule has 1 aliphatic rings. The number of rotatable bonds is 5. The minimum Gasteiger partial charge on any atom is -0.368 e. The molecule has 168 valence electrons. The number of aromatic nitrogens is 4. The number of anilines is 2. The van der Waals surface area contributed by atoms with Crippen molar-refractivity contribution in [3.8, 4) is 0 Å². The van der Waals surface area contributed by atoms with E-state index < -0.39 is 0 Å². The Balaban J connectivity index is 1.31. The SMILES string of the molecule is Cc1cccc(Nc2cc(C)nc([C@@H]3CN(C(=O)Cn4cnc5ccccc54)CCO3)c2)n1. The average Bonchev–Trinajstić information content (AvgIpc) is 3.21. The highest BCUT2D eigenvalue weighted by atomic mass is 16.5. The van der Waals surface area contributed by atoms with Gasteiger partial charge in [-0.1, -0.05) is 18.2 Å². The zero-order valence-electron chi connectivity index (χ0n) is 18.7. The van der Waals surface area contributed by atoms with E-state index >= 15 is 0 Å². The summed E-state index contributed by atoms with van der Waals surface area (Å²) >= 11 is 0. The highest BCUT2D eigenvalue weighted by Crippen LogP contribution is 2.26. The number of carbonyl (C=O) groups excluding carboxylic acids is 1. The molecule has 0 unspecified atom stereocenters. The fourth-order valence-corrected chi connectivity index (χ4v) is 4.13. The second-order valence-electron chi connectivity index (χ2n) is 8.27. The maximum atomic E-state index is 13.1. The summed E-state index contributed by atoms with van der Waals surface area (Å²) in [6.07, 6.45) is 1.44. The quantitative estimate of drug-likeness (QED) is 0.506. The van der Waals surface area contributed by atoms with Gasteiger partial charge in [0.1, 0.15) is 18.5 Å². The van der Waals surface area contributed by atoms with Gasteiger partial charge in [-0.3, -0.25) is 9.78 Å². The fourth-order valence-electron chi connectivity index (χ4n) is 4.13. The van der Waals surface area contributed by atoms with Crippen LogP contribution >= 0.6 is 0 Å². The zero-order valence-corrected chi connectivity index (χ0v) is 18.7. The number of nitrogens with zero attached hydrogens (tertiary/aromatic N) is 5. The summed E-state index contributed by atoms with van der Waals surface area (Å²) in [6, 6.07) is 17.6. The molecule has 33 heavy (non-hydrogen) atoms. The Morgan fingerprint density at radius 2 is 1.97 bits per heavy atom. The third-order valence-electron chi connectivity index (χ3n) is 5.72. The van der Waals surface area contributed by atoms with Gasteiger partial charge < -0.3 is 19.5 Å². The molecule has 0 spiro atoms. The van der Waals surface area contributed by atoms with Gasteiger partial charge in [0.2, 0.25) is 5.91 Å². The maximum Gasteiger partial charge on any atom is 0.242 e. The van der Waals surface area contributed by atoms with E-state index in [4.69, 9.17) is 4.74 Å². The number of fused-ring (bicyclic) bond motifs is 1. The first-order valence-electron chi connectivity index (χ1n) is 11.0. The molecule has 1 aliphatic heterocycles. The van der Waals surface area contributed by atoms with Crippen LogP contribution in [0.1, 0.15) is 23.2 Å². The number of aryl methyl sites for hydroxylation is 2. The van der Waals surface area contributed by atoms with E-state index in [0.29, 0.717) is 19.7 Å². The van der Waals surface area contributed by atoms with E-state index in [2.05, 4.69) is 20.3 Å². The summed E-state index contributed by atoms with van der Waals surface area (Å²) in [5, 5.41) is 3.35. The van der Waals surface area contributed by atoms with Crippen LogP contribution in [0.2, 0.25) is 0 Å². The van der Waals surface area contributed by atoms with Crippen LogP contribution in [0, 0.1) is 13.8 Å². The first-order chi connectivity index (χ1) is 16.0. The standard InChI is InChI=1S/C25H26N6O2/c1-17-6-5-9-24(28-17)29-19-12-18(2)27-21(13-19)23-14-30(10-11-33-23)25(32)15-31-16-26-20-7-3-4-8-22(20)31/h3-9,12-13,16,23H,10-11,14-15H2,1-2H3,(H,27,28,29)/t23-/m0/s1. The van der Waals surface area contributed by atoms with Gasteiger partial charge in [-0.25, -0.2) is 9.97 Å². The molecule has 1 atom stereocenters. The van der Waals surface area contributed by atoms with E-state index in [1.54, 1.807) is 6.33 Å². The van der Waals surface area contributed by atoms with Gasteiger partial charge in [0.15, 0.2) is 0 Å². The van der Waals surface area contributed by atoms with Crippen LogP contribution in [0.3, 0.4) is 0 Å². The Morgan fingerprint density at radius 3 is 2.85 bits per heavy atom. The molecule has 1 fully saturated rings. The molecular formula is C25H26N6O2. The van der Waals surface area contributed by atoms with Crippen molar-refractivity contribution >= 4 is 28.4 Å². The number of para-hydroxylation sites is 2. The van der Waals surface area contributed by atoms with E-state index in [1.165, 1.54) is 0 Å². The molecule has 0 bridgehead atoms. The number of pyridine rings is 2. The summed E-state index contributed by atoms with van der Waals surface area (Å²) in [7, 11) is 0. The summed E-state index contributed by atoms with van der Waals surface area (Å²) in [5.74, 6) is 0.821. The first-order valence-corrected chi connectivity index (χ1v) is 11.0. The molecule has 8 heteroatoms. The van der Waals surface area contributed by atoms with Crippen LogP contribution in [0.25, 0.3) is 11.0 Å². The van der Waals surface area contributed by atoms with Gasteiger partial charge in [-0.2, -0.15) is 0 Å². The van der Waals surface area contributed by atoms with Crippen molar-refractivity contribution < 1.29 is 9.53 Å². The Bertz CT molecular complexity index is 1300. The lowest BCUT2D eigenvalue weighted by Crippen LogP contribution is -2.43. The number of amides is 1. The highest BCUT2D eigenvalue weighted by molar-refractivity contribution is 5.80.